The van der Waals surface area contributed by atoms with Crippen molar-refractivity contribution in [2.24, 2.45) is 0 Å². The third-order valence-corrected chi connectivity index (χ3v) is 7.92. The molecule has 2 aromatic heterocycles. The Morgan fingerprint density at radius 3 is 2.63 bits per heavy atom. The smallest absolute Gasteiger partial charge is 0.255 e. The highest BCUT2D eigenvalue weighted by Gasteiger charge is 2.34. The number of aromatic nitrogens is 3. The largest absolute Gasteiger partial charge is 0.381 e. The number of nitrogens with one attached hydrogen (secondary N) is 2. The predicted molar refractivity (Wildman–Crippen MR) is 159 cm³/mol. The Hall–Kier alpha value is -3.76. The van der Waals surface area contributed by atoms with Gasteiger partial charge in [-0.3, -0.25) is 9.59 Å². The number of pyridine rings is 1. The zero-order valence-corrected chi connectivity index (χ0v) is 24.8. The van der Waals surface area contributed by atoms with Crippen LogP contribution in [0.2, 0.25) is 5.02 Å². The molecule has 3 aromatic rings. The van der Waals surface area contributed by atoms with Crippen LogP contribution in [0.1, 0.15) is 59.9 Å². The molecule has 2 aliphatic rings. The maximum absolute atomic E-state index is 13.5. The number of anilines is 2. The molecule has 0 bridgehead atoms. The number of carbonyl (C=O) groups is 2. The van der Waals surface area contributed by atoms with Crippen LogP contribution in [0.5, 0.6) is 0 Å². The molecule has 216 valence electrons. The minimum absolute atomic E-state index is 0.197. The number of benzene rings is 1. The predicted octanol–water partition coefficient (Wildman–Crippen LogP) is 4.38. The molecule has 1 aromatic carbocycles. The van der Waals surface area contributed by atoms with Crippen LogP contribution in [-0.2, 0) is 16.1 Å². The number of rotatable bonds is 8. The van der Waals surface area contributed by atoms with Gasteiger partial charge in [-0.15, -0.1) is 0 Å². The highest BCUT2D eigenvalue weighted by molar-refractivity contribution is 6.33. The Bertz CT molecular complexity index is 1460. The fourth-order valence-electron chi connectivity index (χ4n) is 5.16. The third-order valence-electron chi connectivity index (χ3n) is 7.64. The summed E-state index contributed by atoms with van der Waals surface area (Å²) >= 11 is 6.49. The Morgan fingerprint density at radius 1 is 1.15 bits per heavy atom. The molecule has 10 nitrogen and oxygen atoms in total. The lowest BCUT2D eigenvalue weighted by Crippen LogP contribution is -2.45. The Labute approximate surface area is 245 Å². The summed E-state index contributed by atoms with van der Waals surface area (Å²) in [6.45, 7) is 7.38. The lowest BCUT2D eigenvalue weighted by atomic mass is 10.0. The van der Waals surface area contributed by atoms with Gasteiger partial charge in [0, 0.05) is 56.7 Å². The van der Waals surface area contributed by atoms with Crippen molar-refractivity contribution >= 4 is 35.2 Å². The summed E-state index contributed by atoms with van der Waals surface area (Å²) in [7, 11) is 3.86. The number of hydrogen-bond donors (Lipinski definition) is 2. The summed E-state index contributed by atoms with van der Waals surface area (Å²) < 4.78 is 5.43. The van der Waals surface area contributed by atoms with Crippen molar-refractivity contribution in [1.82, 2.24) is 25.2 Å². The van der Waals surface area contributed by atoms with E-state index in [2.05, 4.69) is 25.6 Å². The number of nitrogens with zero attached hydrogens (tertiary/aromatic N) is 5. The van der Waals surface area contributed by atoms with Gasteiger partial charge >= 0.3 is 0 Å². The van der Waals surface area contributed by atoms with Gasteiger partial charge < -0.3 is 25.2 Å². The van der Waals surface area contributed by atoms with Crippen LogP contribution in [0.4, 0.5) is 11.8 Å². The zero-order valence-electron chi connectivity index (χ0n) is 24.1. The van der Waals surface area contributed by atoms with E-state index in [9.17, 15) is 9.59 Å². The fourth-order valence-corrected chi connectivity index (χ4v) is 5.36. The van der Waals surface area contributed by atoms with Crippen molar-refractivity contribution in [3.05, 3.63) is 63.9 Å². The minimum atomic E-state index is -0.657. The molecule has 11 heteroatoms. The van der Waals surface area contributed by atoms with E-state index in [4.69, 9.17) is 16.3 Å². The molecule has 0 spiro atoms. The van der Waals surface area contributed by atoms with E-state index in [1.807, 2.05) is 57.1 Å². The first-order valence-corrected chi connectivity index (χ1v) is 14.3. The maximum atomic E-state index is 13.5. The highest BCUT2D eigenvalue weighted by Crippen LogP contribution is 2.32. The summed E-state index contributed by atoms with van der Waals surface area (Å²) in [5, 5.41) is 6.83. The maximum Gasteiger partial charge on any atom is 0.255 e. The second-order valence-electron chi connectivity index (χ2n) is 10.9. The number of carbonyl (C=O) groups excluding carboxylic acids is 2. The minimum Gasteiger partial charge on any atom is -0.381 e. The lowest BCUT2D eigenvalue weighted by molar-refractivity contribution is -0.125. The number of aryl methyl sites for hydroxylation is 1. The van der Waals surface area contributed by atoms with Crippen molar-refractivity contribution in [2.45, 2.75) is 58.3 Å². The summed E-state index contributed by atoms with van der Waals surface area (Å²) in [5.41, 5.74) is 4.50. The first-order valence-electron chi connectivity index (χ1n) is 13.9. The van der Waals surface area contributed by atoms with Gasteiger partial charge in [-0.05, 0) is 62.9 Å². The molecule has 2 N–H and O–H groups in total. The van der Waals surface area contributed by atoms with Gasteiger partial charge in [0.05, 0.1) is 23.0 Å². The molecule has 2 atom stereocenters. The Balaban J connectivity index is 1.29. The molecule has 1 fully saturated rings. The van der Waals surface area contributed by atoms with Gasteiger partial charge in [-0.1, -0.05) is 23.7 Å². The molecule has 2 amide bonds. The molecule has 0 saturated carbocycles. The molecule has 2 aliphatic heterocycles. The second kappa shape index (κ2) is 12.0. The van der Waals surface area contributed by atoms with Gasteiger partial charge in [0.1, 0.15) is 11.9 Å². The Morgan fingerprint density at radius 2 is 1.90 bits per heavy atom. The van der Waals surface area contributed by atoms with E-state index < -0.39 is 6.04 Å². The molecular formula is C30H36ClN7O3. The molecule has 0 unspecified atom stereocenters. The number of halogens is 1. The fraction of sp³-hybridized carbons (Fsp3) is 0.433. The third kappa shape index (κ3) is 6.28. The molecule has 4 heterocycles. The zero-order chi connectivity index (χ0) is 29.3. The van der Waals surface area contributed by atoms with Gasteiger partial charge in [-0.2, -0.15) is 0 Å². The van der Waals surface area contributed by atoms with Gasteiger partial charge in [0.2, 0.25) is 11.9 Å². The van der Waals surface area contributed by atoms with Gasteiger partial charge in [0.25, 0.3) is 5.91 Å². The number of hydrogen-bond acceptors (Lipinski definition) is 8. The molecule has 0 radical (unpaired) electrons. The van der Waals surface area contributed by atoms with Crippen LogP contribution in [0.3, 0.4) is 0 Å². The number of fused-ring (bicyclic) bond motifs is 1. The summed E-state index contributed by atoms with van der Waals surface area (Å²) in [6.07, 6.45) is 3.34. The quantitative estimate of drug-likeness (QED) is 0.406. The van der Waals surface area contributed by atoms with E-state index in [0.29, 0.717) is 42.0 Å². The summed E-state index contributed by atoms with van der Waals surface area (Å²) in [5.74, 6) is 0.900. The normalized spacial score (nSPS) is 16.7. The molecule has 0 aliphatic carbocycles. The highest BCUT2D eigenvalue weighted by atomic mass is 35.5. The van der Waals surface area contributed by atoms with Crippen LogP contribution in [0.25, 0.3) is 11.3 Å². The Kier molecular flexibility index (Phi) is 8.42. The number of ether oxygens (including phenoxy) is 1. The van der Waals surface area contributed by atoms with E-state index in [1.165, 1.54) is 0 Å². The SMILES string of the molecule is Cc1cc([C@@H](C)NC(=O)[C@@H](C)N2Cc3ccc(-c4nc(NC5CCOCC5)ncc4Cl)cc3C2=O)cc(N(C)C)n1. The molecule has 1 saturated heterocycles. The average molecular weight is 578 g/mol. The van der Waals surface area contributed by atoms with E-state index >= 15 is 0 Å². The van der Waals surface area contributed by atoms with Crippen LogP contribution >= 0.6 is 11.6 Å². The van der Waals surface area contributed by atoms with Gasteiger partial charge in [0.15, 0.2) is 0 Å². The number of amides is 2. The first kappa shape index (κ1) is 28.8. The van der Waals surface area contributed by atoms with Crippen molar-refractivity contribution in [3.8, 4) is 11.3 Å². The van der Waals surface area contributed by atoms with Crippen molar-refractivity contribution in [1.29, 1.82) is 0 Å². The van der Waals surface area contributed by atoms with Crippen molar-refractivity contribution < 1.29 is 14.3 Å². The van der Waals surface area contributed by atoms with Crippen molar-refractivity contribution in [3.63, 3.8) is 0 Å². The van der Waals surface area contributed by atoms with Crippen LogP contribution < -0.4 is 15.5 Å². The average Bonchev–Trinajstić information content (AvgIpc) is 3.29. The summed E-state index contributed by atoms with van der Waals surface area (Å²) in [4.78, 5) is 43.8. The van der Waals surface area contributed by atoms with E-state index in [0.717, 1.165) is 41.0 Å². The van der Waals surface area contributed by atoms with E-state index in [1.54, 1.807) is 24.1 Å². The van der Waals surface area contributed by atoms with Crippen LogP contribution in [0, 0.1) is 6.92 Å². The molecule has 5 rings (SSSR count). The van der Waals surface area contributed by atoms with Crippen molar-refractivity contribution in [2.75, 3.05) is 37.5 Å². The standard InChI is InChI=1S/C30H36ClN7O3/c1-17-12-22(14-26(33-17)37(4)5)18(2)34-28(39)19(3)38-16-21-7-6-20(13-24(21)29(38)40)27-25(31)15-32-30(36-27)35-23-8-10-41-11-9-23/h6-7,12-15,18-19,23H,8-11,16H2,1-5H3,(H,34,39)(H,32,35,36)/t18-,19-/m1/s1. The topological polar surface area (TPSA) is 113 Å². The lowest BCUT2D eigenvalue weighted by Gasteiger charge is -2.26. The molecular weight excluding hydrogens is 542 g/mol. The van der Waals surface area contributed by atoms with Crippen LogP contribution in [-0.4, -0.2) is 71.1 Å². The van der Waals surface area contributed by atoms with Crippen LogP contribution in [0.15, 0.2) is 36.5 Å². The van der Waals surface area contributed by atoms with E-state index in [-0.39, 0.29) is 23.9 Å². The second-order valence-corrected chi connectivity index (χ2v) is 11.3. The monoisotopic (exact) mass is 577 g/mol. The first-order chi connectivity index (χ1) is 19.6. The van der Waals surface area contributed by atoms with Gasteiger partial charge in [-0.25, -0.2) is 15.0 Å². The molecule has 41 heavy (non-hydrogen) atoms. The summed E-state index contributed by atoms with van der Waals surface area (Å²) in [6, 6.07) is 8.87.